The molecule has 1 saturated heterocycles. The molecular weight excluding hydrogens is 286 g/mol. The SMILES string of the molecule is COc1cccc(OC)c1[C@@H]1CCCCN1Cc1ccccc1. The highest BCUT2D eigenvalue weighted by molar-refractivity contribution is 5.47. The van der Waals surface area contributed by atoms with E-state index < -0.39 is 0 Å². The smallest absolute Gasteiger partial charge is 0.127 e. The van der Waals surface area contributed by atoms with E-state index in [0.717, 1.165) is 31.0 Å². The van der Waals surface area contributed by atoms with E-state index in [1.807, 2.05) is 18.2 Å². The molecule has 0 N–H and O–H groups in total. The zero-order valence-corrected chi connectivity index (χ0v) is 14.0. The van der Waals surface area contributed by atoms with Crippen LogP contribution in [0.1, 0.15) is 36.4 Å². The van der Waals surface area contributed by atoms with Crippen LogP contribution in [0.2, 0.25) is 0 Å². The minimum absolute atomic E-state index is 0.343. The van der Waals surface area contributed by atoms with E-state index in [4.69, 9.17) is 9.47 Å². The van der Waals surface area contributed by atoms with Gasteiger partial charge >= 0.3 is 0 Å². The van der Waals surface area contributed by atoms with Gasteiger partial charge in [0.2, 0.25) is 0 Å². The third-order valence-corrected chi connectivity index (χ3v) is 4.64. The zero-order valence-electron chi connectivity index (χ0n) is 14.0. The fraction of sp³-hybridized carbons (Fsp3) is 0.400. The first kappa shape index (κ1) is 15.9. The molecule has 2 aromatic carbocycles. The Hall–Kier alpha value is -2.00. The molecule has 3 rings (SSSR count). The maximum atomic E-state index is 5.63. The van der Waals surface area contributed by atoms with Crippen molar-refractivity contribution in [3.63, 3.8) is 0 Å². The molecule has 122 valence electrons. The summed E-state index contributed by atoms with van der Waals surface area (Å²) in [5.41, 5.74) is 2.54. The molecule has 1 aliphatic rings. The van der Waals surface area contributed by atoms with Crippen LogP contribution in [-0.4, -0.2) is 25.7 Å². The Morgan fingerprint density at radius 2 is 1.61 bits per heavy atom. The molecule has 0 unspecified atom stereocenters. The van der Waals surface area contributed by atoms with E-state index >= 15 is 0 Å². The van der Waals surface area contributed by atoms with Crippen LogP contribution in [0, 0.1) is 0 Å². The van der Waals surface area contributed by atoms with Gasteiger partial charge in [-0.3, -0.25) is 4.90 Å². The predicted molar refractivity (Wildman–Crippen MR) is 93.0 cm³/mol. The van der Waals surface area contributed by atoms with Crippen LogP contribution in [0.25, 0.3) is 0 Å². The van der Waals surface area contributed by atoms with E-state index in [2.05, 4.69) is 35.2 Å². The summed E-state index contributed by atoms with van der Waals surface area (Å²) < 4.78 is 11.3. The molecular formula is C20H25NO2. The van der Waals surface area contributed by atoms with Crippen LogP contribution in [0.4, 0.5) is 0 Å². The van der Waals surface area contributed by atoms with Crippen molar-refractivity contribution in [1.29, 1.82) is 0 Å². The highest BCUT2D eigenvalue weighted by atomic mass is 16.5. The number of nitrogens with zero attached hydrogens (tertiary/aromatic N) is 1. The van der Waals surface area contributed by atoms with Gasteiger partial charge in [-0.25, -0.2) is 0 Å². The van der Waals surface area contributed by atoms with Gasteiger partial charge in [-0.1, -0.05) is 42.8 Å². The quantitative estimate of drug-likeness (QED) is 0.815. The second kappa shape index (κ2) is 7.51. The Labute approximate surface area is 138 Å². The molecule has 1 fully saturated rings. The molecule has 0 saturated carbocycles. The molecule has 0 amide bonds. The average molecular weight is 311 g/mol. The summed E-state index contributed by atoms with van der Waals surface area (Å²) >= 11 is 0. The molecule has 23 heavy (non-hydrogen) atoms. The summed E-state index contributed by atoms with van der Waals surface area (Å²) in [5.74, 6) is 1.85. The highest BCUT2D eigenvalue weighted by Gasteiger charge is 2.29. The van der Waals surface area contributed by atoms with E-state index in [1.165, 1.54) is 24.0 Å². The fourth-order valence-electron chi connectivity index (χ4n) is 3.53. The first-order chi connectivity index (χ1) is 11.3. The third kappa shape index (κ3) is 3.50. The molecule has 3 nitrogen and oxygen atoms in total. The molecule has 1 heterocycles. The number of hydrogen-bond acceptors (Lipinski definition) is 3. The van der Waals surface area contributed by atoms with Crippen molar-refractivity contribution in [3.05, 3.63) is 59.7 Å². The zero-order chi connectivity index (χ0) is 16.1. The van der Waals surface area contributed by atoms with Gasteiger partial charge in [-0.15, -0.1) is 0 Å². The van der Waals surface area contributed by atoms with Crippen molar-refractivity contribution in [2.24, 2.45) is 0 Å². The van der Waals surface area contributed by atoms with Gasteiger partial charge < -0.3 is 9.47 Å². The number of rotatable bonds is 5. The Bertz CT molecular complexity index is 605. The molecule has 3 heteroatoms. The van der Waals surface area contributed by atoms with Crippen molar-refractivity contribution in [1.82, 2.24) is 4.90 Å². The molecule has 0 bridgehead atoms. The third-order valence-electron chi connectivity index (χ3n) is 4.64. The monoisotopic (exact) mass is 311 g/mol. The van der Waals surface area contributed by atoms with Gasteiger partial charge in [0.15, 0.2) is 0 Å². The minimum Gasteiger partial charge on any atom is -0.496 e. The van der Waals surface area contributed by atoms with E-state index in [-0.39, 0.29) is 0 Å². The summed E-state index contributed by atoms with van der Waals surface area (Å²) in [6, 6.07) is 17.1. The van der Waals surface area contributed by atoms with Gasteiger partial charge in [0.25, 0.3) is 0 Å². The number of hydrogen-bond donors (Lipinski definition) is 0. The lowest BCUT2D eigenvalue weighted by molar-refractivity contribution is 0.135. The summed E-state index contributed by atoms with van der Waals surface area (Å²) in [6.07, 6.45) is 3.64. The Morgan fingerprint density at radius 1 is 0.913 bits per heavy atom. The molecule has 0 aromatic heterocycles. The van der Waals surface area contributed by atoms with Crippen molar-refractivity contribution in [3.8, 4) is 11.5 Å². The van der Waals surface area contributed by atoms with Gasteiger partial charge in [0.05, 0.1) is 19.8 Å². The van der Waals surface area contributed by atoms with Crippen molar-refractivity contribution >= 4 is 0 Å². The lowest BCUT2D eigenvalue weighted by atomic mass is 9.93. The van der Waals surface area contributed by atoms with Crippen LogP contribution < -0.4 is 9.47 Å². The first-order valence-corrected chi connectivity index (χ1v) is 8.32. The van der Waals surface area contributed by atoms with Crippen LogP contribution in [-0.2, 0) is 6.54 Å². The molecule has 0 aliphatic carbocycles. The maximum Gasteiger partial charge on any atom is 0.127 e. The van der Waals surface area contributed by atoms with Crippen LogP contribution in [0.3, 0.4) is 0 Å². The standard InChI is InChI=1S/C20H25NO2/c1-22-18-12-8-13-19(23-2)20(18)17-11-6-7-14-21(17)15-16-9-4-3-5-10-16/h3-5,8-10,12-13,17H,6-7,11,14-15H2,1-2H3/t17-/m0/s1. The van der Waals surface area contributed by atoms with Crippen molar-refractivity contribution in [2.75, 3.05) is 20.8 Å². The lowest BCUT2D eigenvalue weighted by Crippen LogP contribution is -2.33. The summed E-state index contributed by atoms with van der Waals surface area (Å²) in [5, 5.41) is 0. The fourth-order valence-corrected chi connectivity index (χ4v) is 3.53. The highest BCUT2D eigenvalue weighted by Crippen LogP contribution is 2.42. The largest absolute Gasteiger partial charge is 0.496 e. The minimum atomic E-state index is 0.343. The van der Waals surface area contributed by atoms with E-state index in [9.17, 15) is 0 Å². The first-order valence-electron chi connectivity index (χ1n) is 8.32. The molecule has 0 spiro atoms. The van der Waals surface area contributed by atoms with Gasteiger partial charge in [-0.2, -0.15) is 0 Å². The van der Waals surface area contributed by atoms with Crippen LogP contribution in [0.15, 0.2) is 48.5 Å². The van der Waals surface area contributed by atoms with Crippen molar-refractivity contribution in [2.45, 2.75) is 31.8 Å². The maximum absolute atomic E-state index is 5.63. The summed E-state index contributed by atoms with van der Waals surface area (Å²) in [7, 11) is 3.48. The van der Waals surface area contributed by atoms with E-state index in [0.29, 0.717) is 6.04 Å². The number of benzene rings is 2. The van der Waals surface area contributed by atoms with Crippen LogP contribution >= 0.6 is 0 Å². The van der Waals surface area contributed by atoms with Gasteiger partial charge in [0, 0.05) is 12.6 Å². The number of piperidine rings is 1. The molecule has 2 aromatic rings. The normalized spacial score (nSPS) is 18.6. The topological polar surface area (TPSA) is 21.7 Å². The van der Waals surface area contributed by atoms with Gasteiger partial charge in [-0.05, 0) is 37.1 Å². The Balaban J connectivity index is 1.92. The second-order valence-corrected chi connectivity index (χ2v) is 6.04. The van der Waals surface area contributed by atoms with Gasteiger partial charge in [0.1, 0.15) is 11.5 Å². The lowest BCUT2D eigenvalue weighted by Gasteiger charge is -2.37. The number of likely N-dealkylation sites (tertiary alicyclic amines) is 1. The molecule has 0 radical (unpaired) electrons. The molecule has 1 atom stereocenters. The van der Waals surface area contributed by atoms with Crippen LogP contribution in [0.5, 0.6) is 11.5 Å². The Morgan fingerprint density at radius 3 is 2.26 bits per heavy atom. The van der Waals surface area contributed by atoms with Crippen molar-refractivity contribution < 1.29 is 9.47 Å². The predicted octanol–water partition coefficient (Wildman–Crippen LogP) is 4.43. The summed E-state index contributed by atoms with van der Waals surface area (Å²) in [4.78, 5) is 2.55. The Kier molecular flexibility index (Phi) is 5.19. The number of methoxy groups -OCH3 is 2. The second-order valence-electron chi connectivity index (χ2n) is 6.04. The summed E-state index contributed by atoms with van der Waals surface area (Å²) in [6.45, 7) is 2.08. The molecule has 1 aliphatic heterocycles. The number of ether oxygens (including phenoxy) is 2. The van der Waals surface area contributed by atoms with E-state index in [1.54, 1.807) is 14.2 Å². The average Bonchev–Trinajstić information content (AvgIpc) is 2.62.